The molecule has 0 bridgehead atoms. The Bertz CT molecular complexity index is 1400. The Kier molecular flexibility index (Phi) is 8.06. The number of rotatable bonds is 9. The largest absolute Gasteiger partial charge is 0.507 e. The summed E-state index contributed by atoms with van der Waals surface area (Å²) in [5, 5.41) is 11.4. The van der Waals surface area contributed by atoms with Crippen LogP contribution in [0.4, 0.5) is 5.13 Å². The maximum Gasteiger partial charge on any atom is 0.350 e. The van der Waals surface area contributed by atoms with E-state index in [4.69, 9.17) is 14.2 Å². The second-order valence-electron chi connectivity index (χ2n) is 8.30. The van der Waals surface area contributed by atoms with Gasteiger partial charge in [0.05, 0.1) is 37.6 Å². The lowest BCUT2D eigenvalue weighted by molar-refractivity contribution is -0.132. The summed E-state index contributed by atoms with van der Waals surface area (Å²) in [5.41, 5.74) is 1.03. The number of Topliss-reactive ketones (excluding diaryl/α,β-unsaturated/α-hetero) is 1. The predicted molar refractivity (Wildman–Crippen MR) is 141 cm³/mol. The third kappa shape index (κ3) is 4.97. The average molecular weight is 538 g/mol. The molecule has 3 aromatic rings. The Labute approximate surface area is 223 Å². The van der Waals surface area contributed by atoms with Crippen molar-refractivity contribution in [3.05, 3.63) is 70.0 Å². The number of pyridine rings is 1. The first-order valence-electron chi connectivity index (χ1n) is 12.0. The number of benzene rings is 1. The second kappa shape index (κ2) is 11.4. The highest BCUT2D eigenvalue weighted by Gasteiger charge is 2.48. The van der Waals surface area contributed by atoms with Gasteiger partial charge in [-0.15, -0.1) is 0 Å². The number of aromatic nitrogens is 2. The quantitative estimate of drug-likeness (QED) is 0.182. The lowest BCUT2D eigenvalue weighted by atomic mass is 9.95. The highest BCUT2D eigenvalue weighted by molar-refractivity contribution is 7.17. The van der Waals surface area contributed by atoms with E-state index in [0.29, 0.717) is 41.5 Å². The SMILES string of the molecule is CCCOc1ccc(C2C(=C(O)c3ccncc3)C(=O)C(=O)N2c2nc(C)c(C(=O)OC)s2)cc1OCC. The van der Waals surface area contributed by atoms with Crippen LogP contribution in [0.2, 0.25) is 0 Å². The summed E-state index contributed by atoms with van der Waals surface area (Å²) in [6, 6.07) is 7.11. The highest BCUT2D eigenvalue weighted by atomic mass is 32.1. The first-order valence-corrected chi connectivity index (χ1v) is 12.8. The molecule has 11 heteroatoms. The molecule has 1 unspecified atom stereocenters. The fourth-order valence-electron chi connectivity index (χ4n) is 4.07. The minimum Gasteiger partial charge on any atom is -0.507 e. The summed E-state index contributed by atoms with van der Waals surface area (Å²) in [5.74, 6) is -1.79. The van der Waals surface area contributed by atoms with Crippen molar-refractivity contribution >= 4 is 39.9 Å². The number of esters is 1. The van der Waals surface area contributed by atoms with E-state index in [2.05, 4.69) is 9.97 Å². The smallest absolute Gasteiger partial charge is 0.350 e. The van der Waals surface area contributed by atoms with Crippen molar-refractivity contribution in [3.8, 4) is 11.5 Å². The van der Waals surface area contributed by atoms with Crippen molar-refractivity contribution in [1.82, 2.24) is 9.97 Å². The van der Waals surface area contributed by atoms with Gasteiger partial charge in [0.2, 0.25) is 0 Å². The number of hydrogen-bond acceptors (Lipinski definition) is 10. The van der Waals surface area contributed by atoms with E-state index in [0.717, 1.165) is 17.8 Å². The number of aliphatic hydroxyl groups is 1. The standard InChI is InChI=1S/C27H27N3O7S/c1-5-13-37-18-8-7-17(14-19(18)36-6-2)21-20(22(31)16-9-11-28-12-10-16)23(32)25(33)30(21)27-29-15(3)24(38-27)26(34)35-4/h7-12,14,21,31H,5-6,13H2,1-4H3. The second-order valence-corrected chi connectivity index (χ2v) is 9.27. The maximum absolute atomic E-state index is 13.4. The van der Waals surface area contributed by atoms with Gasteiger partial charge in [-0.05, 0) is 50.1 Å². The number of amides is 1. The molecule has 1 aliphatic rings. The number of anilines is 1. The summed E-state index contributed by atoms with van der Waals surface area (Å²) in [6.07, 6.45) is 3.74. The van der Waals surface area contributed by atoms with Gasteiger partial charge in [-0.2, -0.15) is 0 Å². The molecule has 3 heterocycles. The van der Waals surface area contributed by atoms with Crippen LogP contribution in [0.1, 0.15) is 52.8 Å². The normalized spacial score (nSPS) is 16.5. The van der Waals surface area contributed by atoms with Crippen LogP contribution in [0.25, 0.3) is 5.76 Å². The van der Waals surface area contributed by atoms with Crippen LogP contribution in [0.15, 0.2) is 48.3 Å². The van der Waals surface area contributed by atoms with Crippen LogP contribution in [0.5, 0.6) is 11.5 Å². The third-order valence-corrected chi connectivity index (χ3v) is 6.94. The fraction of sp³-hybridized carbons (Fsp3) is 0.296. The maximum atomic E-state index is 13.4. The minimum atomic E-state index is -1.06. The molecule has 38 heavy (non-hydrogen) atoms. The first kappa shape index (κ1) is 26.8. The van der Waals surface area contributed by atoms with Crippen molar-refractivity contribution < 1.29 is 33.7 Å². The van der Waals surface area contributed by atoms with Crippen LogP contribution in [-0.4, -0.2) is 53.1 Å². The Balaban J connectivity index is 1.93. The Morgan fingerprint density at radius 3 is 2.50 bits per heavy atom. The van der Waals surface area contributed by atoms with Crippen LogP contribution in [-0.2, 0) is 14.3 Å². The summed E-state index contributed by atoms with van der Waals surface area (Å²) in [7, 11) is 1.25. The molecule has 1 amide bonds. The number of carbonyl (C=O) groups is 3. The van der Waals surface area contributed by atoms with Crippen molar-refractivity contribution in [2.75, 3.05) is 25.2 Å². The molecule has 0 aliphatic carbocycles. The molecule has 0 radical (unpaired) electrons. The van der Waals surface area contributed by atoms with Gasteiger partial charge in [-0.3, -0.25) is 19.5 Å². The summed E-state index contributed by atoms with van der Waals surface area (Å²) >= 11 is 0.929. The molecule has 0 saturated carbocycles. The van der Waals surface area contributed by atoms with Crippen molar-refractivity contribution in [2.45, 2.75) is 33.2 Å². The average Bonchev–Trinajstić information content (AvgIpc) is 3.44. The van der Waals surface area contributed by atoms with Crippen molar-refractivity contribution in [3.63, 3.8) is 0 Å². The van der Waals surface area contributed by atoms with E-state index < -0.39 is 23.7 Å². The summed E-state index contributed by atoms with van der Waals surface area (Å²) < 4.78 is 16.4. The molecule has 1 fully saturated rings. The lowest BCUT2D eigenvalue weighted by Gasteiger charge is -2.24. The number of ether oxygens (including phenoxy) is 3. The summed E-state index contributed by atoms with van der Waals surface area (Å²) in [4.78, 5) is 48.8. The van der Waals surface area contributed by atoms with Crippen LogP contribution in [0.3, 0.4) is 0 Å². The summed E-state index contributed by atoms with van der Waals surface area (Å²) in [6.45, 7) is 6.27. The van der Waals surface area contributed by atoms with E-state index in [1.54, 1.807) is 25.1 Å². The van der Waals surface area contributed by atoms with Gasteiger partial charge < -0.3 is 19.3 Å². The van der Waals surface area contributed by atoms with Crippen LogP contribution in [0, 0.1) is 6.92 Å². The number of thiazole rings is 1. The van der Waals surface area contributed by atoms with Crippen LogP contribution < -0.4 is 14.4 Å². The first-order chi connectivity index (χ1) is 18.3. The number of hydrogen-bond donors (Lipinski definition) is 1. The van der Waals surface area contributed by atoms with Gasteiger partial charge >= 0.3 is 11.9 Å². The van der Waals surface area contributed by atoms with Gasteiger partial charge in [0.15, 0.2) is 16.6 Å². The van der Waals surface area contributed by atoms with Crippen molar-refractivity contribution in [2.24, 2.45) is 0 Å². The molecule has 1 N–H and O–H groups in total. The minimum absolute atomic E-state index is 0.119. The zero-order valence-corrected chi connectivity index (χ0v) is 22.2. The van der Waals surface area contributed by atoms with E-state index in [9.17, 15) is 19.5 Å². The molecule has 1 atom stereocenters. The zero-order chi connectivity index (χ0) is 27.4. The molecule has 1 aromatic carbocycles. The van der Waals surface area contributed by atoms with Crippen molar-refractivity contribution in [1.29, 1.82) is 0 Å². The molecule has 10 nitrogen and oxygen atoms in total. The zero-order valence-electron chi connectivity index (χ0n) is 21.4. The fourth-order valence-corrected chi connectivity index (χ4v) is 5.08. The lowest BCUT2D eigenvalue weighted by Crippen LogP contribution is -2.29. The number of ketones is 1. The third-order valence-electron chi connectivity index (χ3n) is 5.81. The molecule has 4 rings (SSSR count). The van der Waals surface area contributed by atoms with Gasteiger partial charge in [-0.25, -0.2) is 9.78 Å². The van der Waals surface area contributed by atoms with Gasteiger partial charge in [0.25, 0.3) is 5.78 Å². The van der Waals surface area contributed by atoms with Gasteiger partial charge in [0.1, 0.15) is 10.6 Å². The number of methoxy groups -OCH3 is 1. The van der Waals surface area contributed by atoms with E-state index in [-0.39, 0.29) is 21.3 Å². The van der Waals surface area contributed by atoms with E-state index in [1.807, 2.05) is 13.8 Å². The topological polar surface area (TPSA) is 128 Å². The molecule has 2 aromatic heterocycles. The van der Waals surface area contributed by atoms with E-state index >= 15 is 0 Å². The molecule has 198 valence electrons. The molecular weight excluding hydrogens is 510 g/mol. The van der Waals surface area contributed by atoms with Gasteiger partial charge in [-0.1, -0.05) is 24.3 Å². The van der Waals surface area contributed by atoms with Gasteiger partial charge in [0, 0.05) is 18.0 Å². The predicted octanol–water partition coefficient (Wildman–Crippen LogP) is 4.45. The number of aliphatic hydroxyl groups excluding tert-OH is 1. The van der Waals surface area contributed by atoms with E-state index in [1.165, 1.54) is 36.5 Å². The number of carbonyl (C=O) groups excluding carboxylic acids is 3. The Hall–Kier alpha value is -4.25. The molecule has 0 spiro atoms. The number of aryl methyl sites for hydroxylation is 1. The monoisotopic (exact) mass is 537 g/mol. The molecule has 1 saturated heterocycles. The Morgan fingerprint density at radius 2 is 1.84 bits per heavy atom. The van der Waals surface area contributed by atoms with Crippen LogP contribution >= 0.6 is 11.3 Å². The Morgan fingerprint density at radius 1 is 1.11 bits per heavy atom. The number of nitrogens with zero attached hydrogens (tertiary/aromatic N) is 3. The highest BCUT2D eigenvalue weighted by Crippen LogP contribution is 2.45. The molecule has 1 aliphatic heterocycles. The molecular formula is C27H27N3O7S.